The van der Waals surface area contributed by atoms with Crippen LogP contribution in [0.3, 0.4) is 0 Å². The minimum absolute atomic E-state index is 0.132. The smallest absolute Gasteiger partial charge is 0.224 e. The van der Waals surface area contributed by atoms with Crippen LogP contribution in [0.1, 0.15) is 5.69 Å². The second-order valence-corrected chi connectivity index (χ2v) is 2.81. The molecule has 1 rings (SSSR count). The van der Waals surface area contributed by atoms with Crippen LogP contribution in [-0.2, 0) is 5.88 Å². The molecule has 3 nitrogen and oxygen atoms in total. The van der Waals surface area contributed by atoms with Gasteiger partial charge in [0.15, 0.2) is 0 Å². The monoisotopic (exact) mass is 207 g/mol. The maximum atomic E-state index is 11.1. The van der Waals surface area contributed by atoms with Crippen molar-refractivity contribution in [3.8, 4) is 5.75 Å². The molecule has 0 unspecified atom stereocenters. The summed E-state index contributed by atoms with van der Waals surface area (Å²) in [5, 5.41) is 11.5. The maximum Gasteiger partial charge on any atom is 0.224 e. The van der Waals surface area contributed by atoms with Crippen LogP contribution in [0.15, 0.2) is 12.3 Å². The number of hydrogen-bond donors (Lipinski definition) is 0. The summed E-state index contributed by atoms with van der Waals surface area (Å²) in [4.78, 5) is 0. The highest BCUT2D eigenvalue weighted by Crippen LogP contribution is 2.22. The van der Waals surface area contributed by atoms with E-state index in [4.69, 9.17) is 27.9 Å². The number of ether oxygens (including phenoxy) is 1. The molecule has 0 bridgehead atoms. The molecular weight excluding hydrogens is 201 g/mol. The van der Waals surface area contributed by atoms with Gasteiger partial charge in [-0.2, -0.15) is 4.73 Å². The van der Waals surface area contributed by atoms with Crippen molar-refractivity contribution in [3.63, 3.8) is 0 Å². The second-order valence-electron chi connectivity index (χ2n) is 2.14. The molecule has 66 valence electrons. The average molecular weight is 208 g/mol. The molecule has 0 spiro atoms. The van der Waals surface area contributed by atoms with E-state index in [9.17, 15) is 5.21 Å². The van der Waals surface area contributed by atoms with Crippen molar-refractivity contribution in [2.24, 2.45) is 0 Å². The average Bonchev–Trinajstić information content (AvgIpc) is 2.08. The molecular formula is C7H7Cl2NO2. The largest absolute Gasteiger partial charge is 0.618 e. The van der Waals surface area contributed by atoms with Gasteiger partial charge in [-0.25, -0.2) is 0 Å². The van der Waals surface area contributed by atoms with Gasteiger partial charge in [0.05, 0.1) is 12.1 Å². The van der Waals surface area contributed by atoms with Gasteiger partial charge in [-0.05, 0) is 0 Å². The molecule has 0 amide bonds. The van der Waals surface area contributed by atoms with E-state index in [1.54, 1.807) is 0 Å². The maximum absolute atomic E-state index is 11.1. The van der Waals surface area contributed by atoms with Crippen LogP contribution in [0.4, 0.5) is 0 Å². The zero-order valence-corrected chi connectivity index (χ0v) is 7.89. The van der Waals surface area contributed by atoms with Crippen LogP contribution in [-0.4, -0.2) is 7.11 Å². The zero-order valence-electron chi connectivity index (χ0n) is 6.38. The Morgan fingerprint density at radius 1 is 1.67 bits per heavy atom. The molecule has 0 saturated carbocycles. The summed E-state index contributed by atoms with van der Waals surface area (Å²) in [6.45, 7) is 0. The molecule has 0 radical (unpaired) electrons. The summed E-state index contributed by atoms with van der Waals surface area (Å²) in [5.41, 5.74) is 0.405. The SMILES string of the molecule is COc1c[n+]([O-])c(CCl)cc1Cl. The van der Waals surface area contributed by atoms with Crippen LogP contribution < -0.4 is 9.47 Å². The van der Waals surface area contributed by atoms with Crippen LogP contribution in [0.5, 0.6) is 5.75 Å². The molecule has 1 aromatic rings. The van der Waals surface area contributed by atoms with Crippen molar-refractivity contribution in [3.05, 3.63) is 28.2 Å². The van der Waals surface area contributed by atoms with Gasteiger partial charge in [0.25, 0.3) is 0 Å². The molecule has 12 heavy (non-hydrogen) atoms. The molecule has 0 fully saturated rings. The highest BCUT2D eigenvalue weighted by Gasteiger charge is 2.10. The Morgan fingerprint density at radius 2 is 2.33 bits per heavy atom. The van der Waals surface area contributed by atoms with Crippen LogP contribution in [0, 0.1) is 5.21 Å². The number of nitrogens with zero attached hydrogens (tertiary/aromatic N) is 1. The van der Waals surface area contributed by atoms with Gasteiger partial charge in [0, 0.05) is 6.07 Å². The standard InChI is InChI=1S/C7H7Cl2NO2/c1-12-7-4-10(11)5(3-8)2-6(7)9/h2,4H,3H2,1H3. The Bertz CT molecular complexity index is 261. The van der Waals surface area contributed by atoms with Gasteiger partial charge in [0.1, 0.15) is 5.88 Å². The van der Waals surface area contributed by atoms with E-state index < -0.39 is 0 Å². The Hall–Kier alpha value is -0.670. The third-order valence-electron chi connectivity index (χ3n) is 1.40. The predicted octanol–water partition coefficient (Wildman–Crippen LogP) is 1.72. The molecule has 0 N–H and O–H groups in total. The molecule has 0 aliphatic rings. The van der Waals surface area contributed by atoms with Gasteiger partial charge in [-0.1, -0.05) is 11.6 Å². The summed E-state index contributed by atoms with van der Waals surface area (Å²) < 4.78 is 5.47. The molecule has 0 aliphatic heterocycles. The van der Waals surface area contributed by atoms with Crippen molar-refractivity contribution in [1.29, 1.82) is 0 Å². The first-order valence-electron chi connectivity index (χ1n) is 3.20. The minimum Gasteiger partial charge on any atom is -0.618 e. The number of hydrogen-bond acceptors (Lipinski definition) is 2. The first-order valence-corrected chi connectivity index (χ1v) is 4.12. The van der Waals surface area contributed by atoms with Crippen LogP contribution in [0.2, 0.25) is 5.02 Å². The molecule has 0 aliphatic carbocycles. The van der Waals surface area contributed by atoms with E-state index in [1.807, 2.05) is 0 Å². The van der Waals surface area contributed by atoms with Crippen molar-refractivity contribution < 1.29 is 9.47 Å². The summed E-state index contributed by atoms with van der Waals surface area (Å²) in [6.07, 6.45) is 1.25. The highest BCUT2D eigenvalue weighted by atomic mass is 35.5. The third kappa shape index (κ3) is 1.73. The normalized spacial score (nSPS) is 9.92. The fourth-order valence-corrected chi connectivity index (χ4v) is 1.23. The second kappa shape index (κ2) is 3.83. The van der Waals surface area contributed by atoms with E-state index in [2.05, 4.69) is 0 Å². The van der Waals surface area contributed by atoms with Crippen molar-refractivity contribution in [2.75, 3.05) is 7.11 Å². The molecule has 0 atom stereocenters. The Balaban J connectivity index is 3.16. The fraction of sp³-hybridized carbons (Fsp3) is 0.286. The van der Waals surface area contributed by atoms with Crippen molar-refractivity contribution in [1.82, 2.24) is 0 Å². The van der Waals surface area contributed by atoms with Crippen LogP contribution >= 0.6 is 23.2 Å². The molecule has 0 saturated heterocycles. The lowest BCUT2D eigenvalue weighted by Crippen LogP contribution is -2.30. The highest BCUT2D eigenvalue weighted by molar-refractivity contribution is 6.32. The van der Waals surface area contributed by atoms with Crippen molar-refractivity contribution >= 4 is 23.2 Å². The van der Waals surface area contributed by atoms with Gasteiger partial charge in [-0.3, -0.25) is 0 Å². The number of halogens is 2. The summed E-state index contributed by atoms with van der Waals surface area (Å²) in [7, 11) is 1.45. The lowest BCUT2D eigenvalue weighted by Gasteiger charge is -2.05. The van der Waals surface area contributed by atoms with Gasteiger partial charge < -0.3 is 9.94 Å². The van der Waals surface area contributed by atoms with E-state index in [0.29, 0.717) is 21.2 Å². The molecule has 0 aromatic carbocycles. The third-order valence-corrected chi connectivity index (χ3v) is 1.97. The number of alkyl halides is 1. The fourth-order valence-electron chi connectivity index (χ4n) is 0.780. The first-order chi connectivity index (χ1) is 5.69. The summed E-state index contributed by atoms with van der Waals surface area (Å²) in [6, 6.07) is 1.49. The minimum atomic E-state index is 0.132. The Kier molecular flexibility index (Phi) is 3.00. The topological polar surface area (TPSA) is 36.2 Å². The lowest BCUT2D eigenvalue weighted by atomic mass is 10.3. The number of pyridine rings is 1. The van der Waals surface area contributed by atoms with Gasteiger partial charge >= 0.3 is 0 Å². The lowest BCUT2D eigenvalue weighted by molar-refractivity contribution is -0.613. The quantitative estimate of drug-likeness (QED) is 0.421. The number of rotatable bonds is 2. The van der Waals surface area contributed by atoms with Crippen molar-refractivity contribution in [2.45, 2.75) is 5.88 Å². The molecule has 1 aromatic heterocycles. The van der Waals surface area contributed by atoms with E-state index in [-0.39, 0.29) is 5.88 Å². The Labute approximate surface area is 80.1 Å². The van der Waals surface area contributed by atoms with E-state index in [0.717, 1.165) is 0 Å². The first kappa shape index (κ1) is 9.42. The van der Waals surface area contributed by atoms with Gasteiger partial charge in [-0.15, -0.1) is 11.6 Å². The summed E-state index contributed by atoms with van der Waals surface area (Å²) >= 11 is 11.2. The molecule has 1 heterocycles. The number of methoxy groups -OCH3 is 1. The van der Waals surface area contributed by atoms with E-state index in [1.165, 1.54) is 19.4 Å². The zero-order chi connectivity index (χ0) is 9.14. The predicted molar refractivity (Wildman–Crippen MR) is 46.5 cm³/mol. The van der Waals surface area contributed by atoms with Crippen LogP contribution in [0.25, 0.3) is 0 Å². The van der Waals surface area contributed by atoms with E-state index >= 15 is 0 Å². The van der Waals surface area contributed by atoms with Gasteiger partial charge in [0.2, 0.25) is 17.6 Å². The Morgan fingerprint density at radius 3 is 2.83 bits per heavy atom. The summed E-state index contributed by atoms with van der Waals surface area (Å²) in [5.74, 6) is 0.480. The molecule has 5 heteroatoms. The number of aromatic nitrogens is 1.